The predicted molar refractivity (Wildman–Crippen MR) is 104 cm³/mol. The van der Waals surface area contributed by atoms with Crippen LogP contribution in [0.2, 0.25) is 5.02 Å². The van der Waals surface area contributed by atoms with Crippen LogP contribution in [0.25, 0.3) is 0 Å². The maximum atomic E-state index is 11.8. The van der Waals surface area contributed by atoms with Crippen molar-refractivity contribution < 1.29 is 28.5 Å². The third-order valence-corrected chi connectivity index (χ3v) is 3.57. The van der Waals surface area contributed by atoms with Crippen LogP contribution >= 0.6 is 11.6 Å². The number of nitrogens with one attached hydrogen (secondary N) is 1. The van der Waals surface area contributed by atoms with E-state index in [-0.39, 0.29) is 23.9 Å². The highest BCUT2D eigenvalue weighted by Gasteiger charge is 2.15. The lowest BCUT2D eigenvalue weighted by molar-refractivity contribution is -0.132. The third-order valence-electron chi connectivity index (χ3n) is 3.32. The van der Waals surface area contributed by atoms with Crippen LogP contribution in [0.4, 0.5) is 0 Å². The zero-order valence-corrected chi connectivity index (χ0v) is 16.3. The Balaban J connectivity index is 1.99. The zero-order chi connectivity index (χ0) is 20.5. The largest absolute Gasteiger partial charge is 0.493 e. The molecule has 2 rings (SSSR count). The molecule has 0 atom stereocenters. The van der Waals surface area contributed by atoms with Crippen LogP contribution in [-0.2, 0) is 9.59 Å². The molecule has 0 radical (unpaired) electrons. The Hall–Kier alpha value is -3.26. The van der Waals surface area contributed by atoms with E-state index in [0.717, 1.165) is 0 Å². The number of amides is 1. The average molecular weight is 407 g/mol. The quantitative estimate of drug-likeness (QED) is 0.313. The molecule has 148 valence electrons. The maximum Gasteiger partial charge on any atom is 0.308 e. The first-order chi connectivity index (χ1) is 13.4. The Morgan fingerprint density at radius 1 is 1.11 bits per heavy atom. The van der Waals surface area contributed by atoms with Gasteiger partial charge in [-0.3, -0.25) is 9.59 Å². The van der Waals surface area contributed by atoms with E-state index in [0.29, 0.717) is 16.3 Å². The number of carbonyl (C=O) groups is 2. The molecule has 9 heteroatoms. The van der Waals surface area contributed by atoms with Crippen molar-refractivity contribution in [1.29, 1.82) is 0 Å². The SMILES string of the molecule is COc1cc(/C=N\NC(=O)COc2ccc(Cl)cc2)cc(OC)c1OC(C)=O. The standard InChI is InChI=1S/C19H19ClN2O6/c1-12(23)28-19-16(25-2)8-13(9-17(19)26-3)10-21-22-18(24)11-27-15-6-4-14(20)5-7-15/h4-10H,11H2,1-3H3,(H,22,24)/b21-10-. The molecule has 0 aliphatic heterocycles. The van der Waals surface area contributed by atoms with Gasteiger partial charge in [0.05, 0.1) is 20.4 Å². The highest BCUT2D eigenvalue weighted by atomic mass is 35.5. The summed E-state index contributed by atoms with van der Waals surface area (Å²) in [6, 6.07) is 9.80. The van der Waals surface area contributed by atoms with Crippen molar-refractivity contribution in [3.05, 3.63) is 47.0 Å². The van der Waals surface area contributed by atoms with E-state index in [1.807, 2.05) is 0 Å². The minimum Gasteiger partial charge on any atom is -0.493 e. The molecule has 2 aromatic rings. The highest BCUT2D eigenvalue weighted by molar-refractivity contribution is 6.30. The molecule has 0 fully saturated rings. The van der Waals surface area contributed by atoms with Crippen molar-refractivity contribution in [3.8, 4) is 23.0 Å². The lowest BCUT2D eigenvalue weighted by Gasteiger charge is -2.13. The molecule has 1 N–H and O–H groups in total. The van der Waals surface area contributed by atoms with E-state index in [1.165, 1.54) is 27.4 Å². The van der Waals surface area contributed by atoms with Gasteiger partial charge in [-0.05, 0) is 36.4 Å². The highest BCUT2D eigenvalue weighted by Crippen LogP contribution is 2.38. The molecule has 0 saturated carbocycles. The van der Waals surface area contributed by atoms with Gasteiger partial charge in [0.1, 0.15) is 5.75 Å². The first kappa shape index (κ1) is 21.0. The molecule has 0 spiro atoms. The number of nitrogens with zero attached hydrogens (tertiary/aromatic N) is 1. The second-order valence-electron chi connectivity index (χ2n) is 5.38. The normalized spacial score (nSPS) is 10.4. The first-order valence-electron chi connectivity index (χ1n) is 8.07. The van der Waals surface area contributed by atoms with Crippen molar-refractivity contribution in [3.63, 3.8) is 0 Å². The topological polar surface area (TPSA) is 95.5 Å². The molecule has 0 heterocycles. The number of carbonyl (C=O) groups excluding carboxylic acids is 2. The fourth-order valence-electron chi connectivity index (χ4n) is 2.11. The number of hydrazone groups is 1. The van der Waals surface area contributed by atoms with Gasteiger partial charge in [0.2, 0.25) is 5.75 Å². The molecule has 2 aromatic carbocycles. The maximum absolute atomic E-state index is 11.8. The number of rotatable bonds is 8. The zero-order valence-electron chi connectivity index (χ0n) is 15.5. The minimum absolute atomic E-state index is 0.162. The fourth-order valence-corrected chi connectivity index (χ4v) is 2.24. The summed E-state index contributed by atoms with van der Waals surface area (Å²) in [5, 5.41) is 4.44. The van der Waals surface area contributed by atoms with Crippen LogP contribution < -0.4 is 24.4 Å². The summed E-state index contributed by atoms with van der Waals surface area (Å²) in [4.78, 5) is 23.0. The first-order valence-corrected chi connectivity index (χ1v) is 8.45. The van der Waals surface area contributed by atoms with Crippen LogP contribution in [0.5, 0.6) is 23.0 Å². The number of hydrogen-bond acceptors (Lipinski definition) is 7. The van der Waals surface area contributed by atoms with E-state index < -0.39 is 11.9 Å². The molecular formula is C19H19ClN2O6. The summed E-state index contributed by atoms with van der Waals surface area (Å²) >= 11 is 5.78. The van der Waals surface area contributed by atoms with Crippen LogP contribution in [0.15, 0.2) is 41.5 Å². The Labute approximate surface area is 167 Å². The molecule has 0 unspecified atom stereocenters. The van der Waals surface area contributed by atoms with Gasteiger partial charge in [-0.15, -0.1) is 0 Å². The molecule has 28 heavy (non-hydrogen) atoms. The third kappa shape index (κ3) is 6.17. The second-order valence-corrected chi connectivity index (χ2v) is 5.82. The number of halogens is 1. The van der Waals surface area contributed by atoms with Gasteiger partial charge in [0, 0.05) is 17.5 Å². The summed E-state index contributed by atoms with van der Waals surface area (Å²) in [6.07, 6.45) is 1.39. The van der Waals surface area contributed by atoms with Gasteiger partial charge in [-0.1, -0.05) is 11.6 Å². The van der Waals surface area contributed by atoms with Crippen LogP contribution in [0.1, 0.15) is 12.5 Å². The number of hydrogen-bond donors (Lipinski definition) is 1. The summed E-state index contributed by atoms with van der Waals surface area (Å²) in [6.45, 7) is 1.06. The van der Waals surface area contributed by atoms with Crippen molar-refractivity contribution in [2.24, 2.45) is 5.10 Å². The van der Waals surface area contributed by atoms with Crippen molar-refractivity contribution in [1.82, 2.24) is 5.43 Å². The predicted octanol–water partition coefficient (Wildman–Crippen LogP) is 2.81. The summed E-state index contributed by atoms with van der Waals surface area (Å²) < 4.78 is 20.9. The summed E-state index contributed by atoms with van der Waals surface area (Å²) in [7, 11) is 2.86. The van der Waals surface area contributed by atoms with E-state index in [1.54, 1.807) is 36.4 Å². The number of methoxy groups -OCH3 is 2. The van der Waals surface area contributed by atoms with Gasteiger partial charge in [-0.2, -0.15) is 5.10 Å². The number of benzene rings is 2. The molecule has 8 nitrogen and oxygen atoms in total. The van der Waals surface area contributed by atoms with E-state index in [4.69, 9.17) is 30.5 Å². The lowest BCUT2D eigenvalue weighted by Crippen LogP contribution is -2.24. The number of ether oxygens (including phenoxy) is 4. The smallest absolute Gasteiger partial charge is 0.308 e. The van der Waals surface area contributed by atoms with Crippen LogP contribution in [0, 0.1) is 0 Å². The van der Waals surface area contributed by atoms with E-state index in [9.17, 15) is 9.59 Å². The Morgan fingerprint density at radius 3 is 2.25 bits per heavy atom. The Morgan fingerprint density at radius 2 is 1.71 bits per heavy atom. The molecule has 0 aromatic heterocycles. The summed E-state index contributed by atoms with van der Waals surface area (Å²) in [5.41, 5.74) is 2.91. The van der Waals surface area contributed by atoms with Crippen LogP contribution in [0.3, 0.4) is 0 Å². The van der Waals surface area contributed by atoms with Crippen LogP contribution in [-0.4, -0.2) is 38.9 Å². The van der Waals surface area contributed by atoms with Gasteiger partial charge < -0.3 is 18.9 Å². The lowest BCUT2D eigenvalue weighted by atomic mass is 10.2. The van der Waals surface area contributed by atoms with E-state index in [2.05, 4.69) is 10.5 Å². The van der Waals surface area contributed by atoms with Crippen molar-refractivity contribution >= 4 is 29.7 Å². The molecule has 1 amide bonds. The van der Waals surface area contributed by atoms with Gasteiger partial charge in [0.15, 0.2) is 18.1 Å². The molecule has 0 aliphatic rings. The van der Waals surface area contributed by atoms with Crippen molar-refractivity contribution in [2.45, 2.75) is 6.92 Å². The molecular weight excluding hydrogens is 388 g/mol. The Kier molecular flexibility index (Phi) is 7.65. The average Bonchev–Trinajstić information content (AvgIpc) is 2.67. The van der Waals surface area contributed by atoms with Gasteiger partial charge in [-0.25, -0.2) is 5.43 Å². The van der Waals surface area contributed by atoms with E-state index >= 15 is 0 Å². The monoisotopic (exact) mass is 406 g/mol. The molecule has 0 aliphatic carbocycles. The number of esters is 1. The second kappa shape index (κ2) is 10.2. The van der Waals surface area contributed by atoms with Crippen molar-refractivity contribution in [2.75, 3.05) is 20.8 Å². The summed E-state index contributed by atoms with van der Waals surface area (Å²) in [5.74, 6) is 0.295. The van der Waals surface area contributed by atoms with Gasteiger partial charge in [0.25, 0.3) is 5.91 Å². The molecule has 0 bridgehead atoms. The Bertz CT molecular complexity index is 842. The van der Waals surface area contributed by atoms with Gasteiger partial charge >= 0.3 is 5.97 Å². The fraction of sp³-hybridized carbons (Fsp3) is 0.211. The molecule has 0 saturated heterocycles. The minimum atomic E-state index is -0.508.